The molecule has 0 aromatic carbocycles. The average molecular weight is 208 g/mol. The molecule has 0 spiro atoms. The Morgan fingerprint density at radius 2 is 2.43 bits per heavy atom. The van der Waals surface area contributed by atoms with Gasteiger partial charge in [0.05, 0.1) is 5.69 Å². The standard InChI is InChI=1S/C10H12N2OS/c1-3-5-7-9(13)10-8(6-4-2)11-12-14-10/h1H,4-7H2,2H3. The fourth-order valence-corrected chi connectivity index (χ4v) is 1.79. The van der Waals surface area contributed by atoms with Gasteiger partial charge in [-0.05, 0) is 18.0 Å². The zero-order chi connectivity index (χ0) is 10.4. The summed E-state index contributed by atoms with van der Waals surface area (Å²) in [7, 11) is 0. The fourth-order valence-electron chi connectivity index (χ4n) is 1.12. The van der Waals surface area contributed by atoms with Crippen LogP contribution in [0.2, 0.25) is 0 Å². The maximum atomic E-state index is 11.6. The van der Waals surface area contributed by atoms with Gasteiger partial charge in [0.1, 0.15) is 4.88 Å². The summed E-state index contributed by atoms with van der Waals surface area (Å²) < 4.78 is 3.79. The van der Waals surface area contributed by atoms with E-state index < -0.39 is 0 Å². The van der Waals surface area contributed by atoms with Crippen molar-refractivity contribution in [3.05, 3.63) is 10.6 Å². The number of aryl methyl sites for hydroxylation is 1. The second-order valence-electron chi connectivity index (χ2n) is 2.93. The quantitative estimate of drug-likeness (QED) is 0.549. The van der Waals surface area contributed by atoms with Crippen LogP contribution in [0.5, 0.6) is 0 Å². The summed E-state index contributed by atoms with van der Waals surface area (Å²) in [4.78, 5) is 12.3. The summed E-state index contributed by atoms with van der Waals surface area (Å²) in [6.07, 6.45) is 7.77. The molecule has 1 heterocycles. The van der Waals surface area contributed by atoms with Crippen molar-refractivity contribution in [1.82, 2.24) is 9.59 Å². The monoisotopic (exact) mass is 208 g/mol. The Balaban J connectivity index is 2.69. The molecule has 3 nitrogen and oxygen atoms in total. The Hall–Kier alpha value is -1.21. The predicted octanol–water partition coefficient (Wildman–Crippen LogP) is 2.09. The van der Waals surface area contributed by atoms with E-state index in [1.807, 2.05) is 0 Å². The lowest BCUT2D eigenvalue weighted by Gasteiger charge is -1.96. The Kier molecular flexibility index (Phi) is 4.27. The molecule has 0 saturated carbocycles. The van der Waals surface area contributed by atoms with Gasteiger partial charge in [0.25, 0.3) is 0 Å². The van der Waals surface area contributed by atoms with Crippen molar-refractivity contribution < 1.29 is 4.79 Å². The Morgan fingerprint density at radius 1 is 1.64 bits per heavy atom. The second kappa shape index (κ2) is 5.51. The molecule has 0 atom stereocenters. The zero-order valence-electron chi connectivity index (χ0n) is 8.12. The molecule has 0 saturated heterocycles. The predicted molar refractivity (Wildman–Crippen MR) is 56.3 cm³/mol. The summed E-state index contributed by atoms with van der Waals surface area (Å²) in [5.74, 6) is 2.53. The van der Waals surface area contributed by atoms with E-state index in [0.29, 0.717) is 17.7 Å². The third-order valence-electron chi connectivity index (χ3n) is 1.79. The van der Waals surface area contributed by atoms with Gasteiger partial charge < -0.3 is 0 Å². The van der Waals surface area contributed by atoms with Crippen molar-refractivity contribution in [2.75, 3.05) is 0 Å². The minimum absolute atomic E-state index is 0.0707. The highest BCUT2D eigenvalue weighted by Gasteiger charge is 2.14. The van der Waals surface area contributed by atoms with E-state index in [4.69, 9.17) is 6.42 Å². The lowest BCUT2D eigenvalue weighted by atomic mass is 10.1. The zero-order valence-corrected chi connectivity index (χ0v) is 8.93. The van der Waals surface area contributed by atoms with Crippen LogP contribution in [0.1, 0.15) is 41.6 Å². The number of Topliss-reactive ketones (excluding diaryl/α,β-unsaturated/α-hetero) is 1. The molecule has 0 unspecified atom stereocenters. The van der Waals surface area contributed by atoms with Crippen molar-refractivity contribution in [3.8, 4) is 12.3 Å². The molecule has 0 radical (unpaired) electrons. The lowest BCUT2D eigenvalue weighted by Crippen LogP contribution is -2.00. The topological polar surface area (TPSA) is 42.9 Å². The molecule has 0 aliphatic rings. The third-order valence-corrected chi connectivity index (χ3v) is 2.60. The van der Waals surface area contributed by atoms with Crippen LogP contribution in [0, 0.1) is 12.3 Å². The van der Waals surface area contributed by atoms with Crippen LogP contribution in [0.15, 0.2) is 0 Å². The molecule has 74 valence electrons. The fraction of sp³-hybridized carbons (Fsp3) is 0.500. The van der Waals surface area contributed by atoms with Crippen LogP contribution in [0.25, 0.3) is 0 Å². The van der Waals surface area contributed by atoms with Gasteiger partial charge >= 0.3 is 0 Å². The molecule has 1 rings (SSSR count). The van der Waals surface area contributed by atoms with E-state index >= 15 is 0 Å². The first-order chi connectivity index (χ1) is 6.79. The van der Waals surface area contributed by atoms with Crippen molar-refractivity contribution in [2.24, 2.45) is 0 Å². The van der Waals surface area contributed by atoms with Crippen molar-refractivity contribution in [1.29, 1.82) is 0 Å². The van der Waals surface area contributed by atoms with Gasteiger partial charge in [-0.15, -0.1) is 17.4 Å². The van der Waals surface area contributed by atoms with E-state index in [1.165, 1.54) is 11.5 Å². The van der Waals surface area contributed by atoms with Crippen LogP contribution in [0.4, 0.5) is 0 Å². The van der Waals surface area contributed by atoms with Gasteiger partial charge in [-0.2, -0.15) is 0 Å². The van der Waals surface area contributed by atoms with Crippen molar-refractivity contribution >= 4 is 17.3 Å². The van der Waals surface area contributed by atoms with Gasteiger partial charge in [0, 0.05) is 12.8 Å². The molecular weight excluding hydrogens is 196 g/mol. The molecule has 14 heavy (non-hydrogen) atoms. The summed E-state index contributed by atoms with van der Waals surface area (Å²) in [5, 5.41) is 3.93. The Bertz CT molecular complexity index is 351. The van der Waals surface area contributed by atoms with Gasteiger partial charge in [-0.3, -0.25) is 4.79 Å². The Labute approximate surface area is 87.7 Å². The van der Waals surface area contributed by atoms with E-state index in [0.717, 1.165) is 18.5 Å². The molecule has 1 aromatic rings. The van der Waals surface area contributed by atoms with E-state index in [2.05, 4.69) is 22.4 Å². The maximum absolute atomic E-state index is 11.6. The van der Waals surface area contributed by atoms with Crippen LogP contribution in [0.3, 0.4) is 0 Å². The van der Waals surface area contributed by atoms with Crippen molar-refractivity contribution in [3.63, 3.8) is 0 Å². The summed E-state index contributed by atoms with van der Waals surface area (Å²) in [6, 6.07) is 0. The number of terminal acetylenes is 1. The molecule has 4 heteroatoms. The summed E-state index contributed by atoms with van der Waals surface area (Å²) in [5.41, 5.74) is 0.819. The molecular formula is C10H12N2OS. The molecule has 0 aliphatic carbocycles. The normalized spacial score (nSPS) is 9.71. The van der Waals surface area contributed by atoms with Crippen LogP contribution in [-0.4, -0.2) is 15.4 Å². The molecule has 0 N–H and O–H groups in total. The van der Waals surface area contributed by atoms with Crippen molar-refractivity contribution in [2.45, 2.75) is 32.6 Å². The Morgan fingerprint density at radius 3 is 3.07 bits per heavy atom. The number of ketones is 1. The number of hydrogen-bond acceptors (Lipinski definition) is 4. The summed E-state index contributed by atoms with van der Waals surface area (Å²) in [6.45, 7) is 2.05. The first-order valence-electron chi connectivity index (χ1n) is 4.57. The largest absolute Gasteiger partial charge is 0.293 e. The number of carbonyl (C=O) groups is 1. The number of rotatable bonds is 5. The van der Waals surface area contributed by atoms with Gasteiger partial charge in [0.15, 0.2) is 5.78 Å². The van der Waals surface area contributed by atoms with E-state index in [1.54, 1.807) is 0 Å². The lowest BCUT2D eigenvalue weighted by molar-refractivity contribution is 0.0987. The first-order valence-corrected chi connectivity index (χ1v) is 5.34. The second-order valence-corrected chi connectivity index (χ2v) is 3.68. The van der Waals surface area contributed by atoms with Crippen LogP contribution in [-0.2, 0) is 6.42 Å². The van der Waals surface area contributed by atoms with Gasteiger partial charge in [-0.25, -0.2) is 0 Å². The minimum atomic E-state index is 0.0707. The summed E-state index contributed by atoms with van der Waals surface area (Å²) >= 11 is 1.17. The molecule has 1 aromatic heterocycles. The number of aromatic nitrogens is 2. The molecule has 0 amide bonds. The molecule has 0 aliphatic heterocycles. The third kappa shape index (κ3) is 2.64. The smallest absolute Gasteiger partial charge is 0.177 e. The van der Waals surface area contributed by atoms with Crippen LogP contribution >= 0.6 is 11.5 Å². The first kappa shape index (κ1) is 10.9. The highest BCUT2D eigenvalue weighted by molar-refractivity contribution is 7.08. The molecule has 0 bridgehead atoms. The van der Waals surface area contributed by atoms with Gasteiger partial charge in [-0.1, -0.05) is 17.8 Å². The highest BCUT2D eigenvalue weighted by Crippen LogP contribution is 2.15. The SMILES string of the molecule is C#CCCC(=O)c1snnc1CCC. The van der Waals surface area contributed by atoms with E-state index in [-0.39, 0.29) is 5.78 Å². The average Bonchev–Trinajstić information content (AvgIpc) is 2.63. The maximum Gasteiger partial charge on any atom is 0.177 e. The van der Waals surface area contributed by atoms with Gasteiger partial charge in [0.2, 0.25) is 0 Å². The molecule has 0 fully saturated rings. The number of carbonyl (C=O) groups excluding carboxylic acids is 1. The minimum Gasteiger partial charge on any atom is -0.293 e. The van der Waals surface area contributed by atoms with Crippen LogP contribution < -0.4 is 0 Å². The number of hydrogen-bond donors (Lipinski definition) is 0. The van der Waals surface area contributed by atoms with E-state index in [9.17, 15) is 4.79 Å². The highest BCUT2D eigenvalue weighted by atomic mass is 32.1. The number of nitrogens with zero attached hydrogens (tertiary/aromatic N) is 2.